The maximum absolute atomic E-state index is 13.7. The Morgan fingerprint density at radius 1 is 1.06 bits per heavy atom. The van der Waals surface area contributed by atoms with Crippen molar-refractivity contribution in [1.82, 2.24) is 4.90 Å². The van der Waals surface area contributed by atoms with Crippen LogP contribution in [0, 0.1) is 5.82 Å². The van der Waals surface area contributed by atoms with E-state index in [0.29, 0.717) is 24.3 Å². The Labute approximate surface area is 190 Å². The van der Waals surface area contributed by atoms with E-state index in [1.54, 1.807) is 0 Å². The molecule has 1 heterocycles. The van der Waals surface area contributed by atoms with Crippen molar-refractivity contribution in [1.29, 1.82) is 0 Å². The van der Waals surface area contributed by atoms with Gasteiger partial charge in [-0.05, 0) is 64.1 Å². The van der Waals surface area contributed by atoms with E-state index in [1.165, 1.54) is 36.5 Å². The van der Waals surface area contributed by atoms with Crippen LogP contribution in [0.1, 0.15) is 38.8 Å². The number of alkyl halides is 3. The summed E-state index contributed by atoms with van der Waals surface area (Å²) in [7, 11) is 0. The Morgan fingerprint density at radius 3 is 2.39 bits per heavy atom. The number of benzene rings is 2. The lowest BCUT2D eigenvalue weighted by Crippen LogP contribution is -2.40. The third-order valence-electron chi connectivity index (χ3n) is 5.48. The van der Waals surface area contributed by atoms with Gasteiger partial charge in [0.25, 0.3) is 5.91 Å². The zero-order chi connectivity index (χ0) is 24.3. The molecule has 0 unspecified atom stereocenters. The summed E-state index contributed by atoms with van der Waals surface area (Å²) >= 11 is 0. The van der Waals surface area contributed by atoms with Gasteiger partial charge in [-0.25, -0.2) is 4.39 Å². The number of amides is 1. The first-order valence-corrected chi connectivity index (χ1v) is 10.8. The monoisotopic (exact) mass is 464 g/mol. The van der Waals surface area contributed by atoms with Crippen molar-refractivity contribution >= 4 is 28.5 Å². The van der Waals surface area contributed by atoms with Gasteiger partial charge in [0, 0.05) is 48.3 Å². The van der Waals surface area contributed by atoms with E-state index in [-0.39, 0.29) is 29.0 Å². The van der Waals surface area contributed by atoms with E-state index >= 15 is 0 Å². The zero-order valence-electron chi connectivity index (χ0n) is 19.0. The molecule has 5 nitrogen and oxygen atoms in total. The van der Waals surface area contributed by atoms with Gasteiger partial charge in [0.05, 0.1) is 16.8 Å². The highest BCUT2D eigenvalue weighted by Crippen LogP contribution is 2.37. The van der Waals surface area contributed by atoms with Gasteiger partial charge >= 0.3 is 6.18 Å². The number of nitrogens with zero attached hydrogens (tertiary/aromatic N) is 1. The molecule has 3 rings (SSSR count). The number of nitrogens with one attached hydrogen (secondary N) is 3. The summed E-state index contributed by atoms with van der Waals surface area (Å²) in [5.41, 5.74) is 0.374. The third kappa shape index (κ3) is 5.84. The zero-order valence-corrected chi connectivity index (χ0v) is 19.0. The molecule has 178 valence electrons. The van der Waals surface area contributed by atoms with Gasteiger partial charge in [0.15, 0.2) is 0 Å². The summed E-state index contributed by atoms with van der Waals surface area (Å²) in [5, 5.41) is 8.21. The Balaban J connectivity index is 1.78. The quantitative estimate of drug-likeness (QED) is 0.342. The number of halogens is 4. The van der Waals surface area contributed by atoms with E-state index in [9.17, 15) is 22.4 Å². The second kappa shape index (κ2) is 9.82. The molecule has 33 heavy (non-hydrogen) atoms. The van der Waals surface area contributed by atoms with Gasteiger partial charge in [0.1, 0.15) is 5.82 Å². The van der Waals surface area contributed by atoms with Crippen LogP contribution in [0.15, 0.2) is 42.6 Å². The maximum atomic E-state index is 13.7. The molecule has 3 N–H and O–H groups in total. The molecule has 1 amide bonds. The fourth-order valence-corrected chi connectivity index (χ4v) is 3.92. The van der Waals surface area contributed by atoms with E-state index in [1.807, 2.05) is 0 Å². The predicted octanol–water partition coefficient (Wildman–Crippen LogP) is 5.78. The maximum Gasteiger partial charge on any atom is 0.418 e. The minimum atomic E-state index is -4.56. The number of fused-ring (bicyclic) bond motifs is 1. The van der Waals surface area contributed by atoms with Crippen LogP contribution < -0.4 is 16.0 Å². The van der Waals surface area contributed by atoms with Crippen molar-refractivity contribution < 1.29 is 22.4 Å². The normalized spacial score (nSPS) is 14.9. The van der Waals surface area contributed by atoms with Crippen molar-refractivity contribution in [2.24, 2.45) is 0 Å². The minimum Gasteiger partial charge on any atom is -0.383 e. The molecular formula is C24H28F4N4O. The van der Waals surface area contributed by atoms with Gasteiger partial charge in [-0.15, -0.1) is 0 Å². The lowest BCUT2D eigenvalue weighted by molar-refractivity contribution is -0.136. The molecule has 0 atom stereocenters. The molecule has 1 aliphatic heterocycles. The van der Waals surface area contributed by atoms with E-state index < -0.39 is 23.5 Å². The predicted molar refractivity (Wildman–Crippen MR) is 124 cm³/mol. The van der Waals surface area contributed by atoms with Crippen LogP contribution in [0.25, 0.3) is 5.57 Å². The molecule has 0 fully saturated rings. The van der Waals surface area contributed by atoms with Crippen molar-refractivity contribution in [3.8, 4) is 0 Å². The number of hydrogen-bond donors (Lipinski definition) is 3. The highest BCUT2D eigenvalue weighted by Gasteiger charge is 2.34. The molecule has 2 aromatic rings. The molecule has 0 aliphatic carbocycles. The van der Waals surface area contributed by atoms with Crippen LogP contribution >= 0.6 is 0 Å². The summed E-state index contributed by atoms with van der Waals surface area (Å²) in [6.07, 6.45) is -3.23. The lowest BCUT2D eigenvalue weighted by atomic mass is 10.1. The van der Waals surface area contributed by atoms with Gasteiger partial charge in [-0.2, -0.15) is 13.2 Å². The number of carbonyl (C=O) groups is 1. The van der Waals surface area contributed by atoms with Crippen molar-refractivity contribution in [2.75, 3.05) is 29.0 Å². The summed E-state index contributed by atoms with van der Waals surface area (Å²) in [6, 6.07) is 8.30. The number of carbonyl (C=O) groups excluding carboxylic acids is 1. The van der Waals surface area contributed by atoms with Gasteiger partial charge in [-0.3, -0.25) is 9.69 Å². The Morgan fingerprint density at radius 2 is 1.76 bits per heavy atom. The fourth-order valence-electron chi connectivity index (χ4n) is 3.92. The second-order valence-corrected chi connectivity index (χ2v) is 8.46. The summed E-state index contributed by atoms with van der Waals surface area (Å²) in [6.45, 7) is 9.17. The van der Waals surface area contributed by atoms with Crippen LogP contribution in [-0.2, 0) is 11.0 Å². The highest BCUT2D eigenvalue weighted by atomic mass is 19.4. The number of anilines is 3. The summed E-state index contributed by atoms with van der Waals surface area (Å²) < 4.78 is 54.5. The molecule has 0 radical (unpaired) electrons. The van der Waals surface area contributed by atoms with Gasteiger partial charge < -0.3 is 16.0 Å². The first kappa shape index (κ1) is 24.6. The van der Waals surface area contributed by atoms with Gasteiger partial charge in [-0.1, -0.05) is 0 Å². The van der Waals surface area contributed by atoms with Crippen molar-refractivity contribution in [2.45, 2.75) is 46.0 Å². The van der Waals surface area contributed by atoms with E-state index in [0.717, 1.165) is 6.07 Å². The third-order valence-corrected chi connectivity index (χ3v) is 5.48. The standard InChI is InChI=1S/C24H28F4N4O/c1-14(2)32(15(3)4)10-9-29-21-8-6-17(12-20(21)24(26,27)28)30-13-19-18-7-5-16(25)11-22(18)31-23(19)33/h5-8,11-15,29-30H,9-10H2,1-4H3,(H,31,33)/b19-13+. The SMILES string of the molecule is CC(C)N(CCNc1ccc(N/C=C2/C(=O)Nc3cc(F)ccc32)cc1C(F)(F)F)C(C)C. The topological polar surface area (TPSA) is 56.4 Å². The van der Waals surface area contributed by atoms with E-state index in [2.05, 4.69) is 48.5 Å². The summed E-state index contributed by atoms with van der Waals surface area (Å²) in [5.74, 6) is -0.955. The molecule has 0 spiro atoms. The van der Waals surface area contributed by atoms with Crippen LogP contribution in [-0.4, -0.2) is 36.0 Å². The first-order chi connectivity index (χ1) is 15.5. The number of rotatable bonds is 8. The molecule has 9 heteroatoms. The molecule has 1 aliphatic rings. The largest absolute Gasteiger partial charge is 0.418 e. The lowest BCUT2D eigenvalue weighted by Gasteiger charge is -2.30. The Kier molecular flexibility index (Phi) is 7.31. The van der Waals surface area contributed by atoms with Crippen LogP contribution in [0.2, 0.25) is 0 Å². The second-order valence-electron chi connectivity index (χ2n) is 8.46. The van der Waals surface area contributed by atoms with Crippen LogP contribution in [0.5, 0.6) is 0 Å². The Bertz CT molecular complexity index is 1040. The smallest absolute Gasteiger partial charge is 0.383 e. The molecule has 0 saturated carbocycles. The molecule has 0 saturated heterocycles. The molecular weight excluding hydrogens is 436 g/mol. The molecule has 0 bridgehead atoms. The van der Waals surface area contributed by atoms with Crippen LogP contribution in [0.3, 0.4) is 0 Å². The van der Waals surface area contributed by atoms with Crippen molar-refractivity contribution in [3.05, 3.63) is 59.5 Å². The number of hydrogen-bond acceptors (Lipinski definition) is 4. The van der Waals surface area contributed by atoms with Crippen molar-refractivity contribution in [3.63, 3.8) is 0 Å². The average molecular weight is 465 g/mol. The summed E-state index contributed by atoms with van der Waals surface area (Å²) in [4.78, 5) is 14.4. The van der Waals surface area contributed by atoms with E-state index in [4.69, 9.17) is 0 Å². The fraction of sp³-hybridized carbons (Fsp3) is 0.375. The minimum absolute atomic E-state index is 0.00686. The molecule has 2 aromatic carbocycles. The van der Waals surface area contributed by atoms with Crippen LogP contribution in [0.4, 0.5) is 34.6 Å². The highest BCUT2D eigenvalue weighted by molar-refractivity contribution is 6.31. The first-order valence-electron chi connectivity index (χ1n) is 10.8. The Hall–Kier alpha value is -3.07. The average Bonchev–Trinajstić information content (AvgIpc) is 3.02. The molecule has 0 aromatic heterocycles. The van der Waals surface area contributed by atoms with Gasteiger partial charge in [0.2, 0.25) is 0 Å².